The summed E-state index contributed by atoms with van der Waals surface area (Å²) in [7, 11) is -2.08. The van der Waals surface area contributed by atoms with E-state index in [1.807, 2.05) is 43.3 Å². The number of hydrogen-bond donors (Lipinski definition) is 0. The van der Waals surface area contributed by atoms with Crippen LogP contribution in [-0.2, 0) is 24.2 Å². The van der Waals surface area contributed by atoms with Crippen molar-refractivity contribution in [1.82, 2.24) is 3.97 Å². The van der Waals surface area contributed by atoms with Crippen LogP contribution in [0, 0.1) is 6.92 Å². The van der Waals surface area contributed by atoms with E-state index in [9.17, 15) is 8.42 Å². The zero-order valence-electron chi connectivity index (χ0n) is 18.5. The topological polar surface area (TPSA) is 66.8 Å². The van der Waals surface area contributed by atoms with E-state index in [1.54, 1.807) is 20.2 Å². The fraction of sp³-hybridized carbons (Fsp3) is 0.500. The molecule has 0 N–H and O–H groups in total. The Labute approximate surface area is 184 Å². The van der Waals surface area contributed by atoms with Crippen molar-refractivity contribution in [3.8, 4) is 0 Å². The minimum atomic E-state index is -3.70. The SMILES string of the molecule is COCC1=CC(C)(S(=O)(=O)n2ccc3cccc(C)c32)CC=C1COC1CCCCO1. The monoisotopic (exact) mass is 445 g/mol. The first-order valence-electron chi connectivity index (χ1n) is 10.8. The number of aryl methyl sites for hydroxylation is 1. The second-order valence-corrected chi connectivity index (χ2v) is 10.9. The van der Waals surface area contributed by atoms with E-state index in [-0.39, 0.29) is 6.29 Å². The number of allylic oxidation sites excluding steroid dienone is 1. The highest BCUT2D eigenvalue weighted by Crippen LogP contribution is 2.36. The molecule has 1 aliphatic carbocycles. The third kappa shape index (κ3) is 4.24. The first-order chi connectivity index (χ1) is 14.9. The number of fused-ring (bicyclic) bond motifs is 1. The summed E-state index contributed by atoms with van der Waals surface area (Å²) in [5.74, 6) is 0. The largest absolute Gasteiger partial charge is 0.380 e. The van der Waals surface area contributed by atoms with E-state index in [4.69, 9.17) is 14.2 Å². The Kier molecular flexibility index (Phi) is 6.40. The lowest BCUT2D eigenvalue weighted by molar-refractivity contribution is -0.156. The Hall–Kier alpha value is -1.93. The van der Waals surface area contributed by atoms with Crippen molar-refractivity contribution in [2.45, 2.75) is 50.6 Å². The summed E-state index contributed by atoms with van der Waals surface area (Å²) in [6.07, 6.45) is 8.73. The maximum atomic E-state index is 13.8. The molecule has 0 amide bonds. The van der Waals surface area contributed by atoms with Gasteiger partial charge in [0.15, 0.2) is 6.29 Å². The van der Waals surface area contributed by atoms with Gasteiger partial charge >= 0.3 is 0 Å². The van der Waals surface area contributed by atoms with Crippen molar-refractivity contribution in [2.24, 2.45) is 0 Å². The minimum Gasteiger partial charge on any atom is -0.380 e. The average Bonchev–Trinajstić information content (AvgIpc) is 3.20. The number of benzene rings is 1. The van der Waals surface area contributed by atoms with Gasteiger partial charge in [0.2, 0.25) is 10.0 Å². The third-order valence-electron chi connectivity index (χ3n) is 6.24. The van der Waals surface area contributed by atoms with Gasteiger partial charge in [0.25, 0.3) is 0 Å². The highest BCUT2D eigenvalue weighted by molar-refractivity contribution is 7.91. The molecule has 4 rings (SSSR count). The van der Waals surface area contributed by atoms with Gasteiger partial charge in [0.05, 0.1) is 18.7 Å². The molecule has 168 valence electrons. The van der Waals surface area contributed by atoms with Gasteiger partial charge in [-0.15, -0.1) is 0 Å². The van der Waals surface area contributed by atoms with Crippen LogP contribution in [0.3, 0.4) is 0 Å². The predicted molar refractivity (Wildman–Crippen MR) is 122 cm³/mol. The summed E-state index contributed by atoms with van der Waals surface area (Å²) in [4.78, 5) is 0. The van der Waals surface area contributed by atoms with Crippen LogP contribution in [0.4, 0.5) is 0 Å². The predicted octanol–water partition coefficient (Wildman–Crippen LogP) is 4.33. The zero-order valence-corrected chi connectivity index (χ0v) is 19.3. The maximum absolute atomic E-state index is 13.8. The molecular formula is C24H31NO5S. The molecule has 1 aliphatic heterocycles. The number of para-hydroxylation sites is 1. The van der Waals surface area contributed by atoms with Crippen molar-refractivity contribution in [3.63, 3.8) is 0 Å². The average molecular weight is 446 g/mol. The number of ether oxygens (including phenoxy) is 3. The normalized spacial score (nSPS) is 24.8. The molecule has 2 aromatic rings. The molecule has 0 radical (unpaired) electrons. The fourth-order valence-corrected chi connectivity index (χ4v) is 6.13. The number of rotatable bonds is 7. The van der Waals surface area contributed by atoms with Crippen LogP contribution in [0.5, 0.6) is 0 Å². The van der Waals surface area contributed by atoms with Crippen molar-refractivity contribution >= 4 is 20.9 Å². The molecule has 1 saturated heterocycles. The summed E-state index contributed by atoms with van der Waals surface area (Å²) < 4.78 is 45.0. The lowest BCUT2D eigenvalue weighted by Gasteiger charge is -2.32. The molecule has 2 aliphatic rings. The fourth-order valence-electron chi connectivity index (χ4n) is 4.39. The number of methoxy groups -OCH3 is 1. The van der Waals surface area contributed by atoms with Crippen molar-refractivity contribution in [1.29, 1.82) is 0 Å². The van der Waals surface area contributed by atoms with Gasteiger partial charge in [0.1, 0.15) is 4.75 Å². The first kappa shape index (κ1) is 22.3. The third-order valence-corrected chi connectivity index (χ3v) is 8.52. The Morgan fingerprint density at radius 3 is 2.77 bits per heavy atom. The molecule has 1 aromatic carbocycles. The summed E-state index contributed by atoms with van der Waals surface area (Å²) >= 11 is 0. The molecule has 1 aromatic heterocycles. The van der Waals surface area contributed by atoms with Gasteiger partial charge < -0.3 is 14.2 Å². The summed E-state index contributed by atoms with van der Waals surface area (Å²) in [6.45, 7) is 5.16. The Morgan fingerprint density at radius 1 is 1.19 bits per heavy atom. The van der Waals surface area contributed by atoms with Gasteiger partial charge in [-0.25, -0.2) is 12.4 Å². The Morgan fingerprint density at radius 2 is 2.03 bits per heavy atom. The first-order valence-corrected chi connectivity index (χ1v) is 12.2. The highest BCUT2D eigenvalue weighted by Gasteiger charge is 2.41. The maximum Gasteiger partial charge on any atom is 0.248 e. The van der Waals surface area contributed by atoms with Crippen LogP contribution >= 0.6 is 0 Å². The highest BCUT2D eigenvalue weighted by atomic mass is 32.2. The molecule has 7 heteroatoms. The summed E-state index contributed by atoms with van der Waals surface area (Å²) in [6, 6.07) is 7.67. The minimum absolute atomic E-state index is 0.190. The number of nitrogens with zero attached hydrogens (tertiary/aromatic N) is 1. The second kappa shape index (κ2) is 8.90. The van der Waals surface area contributed by atoms with Gasteiger partial charge in [-0.2, -0.15) is 0 Å². The van der Waals surface area contributed by atoms with E-state index in [0.29, 0.717) is 19.6 Å². The lowest BCUT2D eigenvalue weighted by Crippen LogP contribution is -2.39. The van der Waals surface area contributed by atoms with Crippen LogP contribution < -0.4 is 0 Å². The van der Waals surface area contributed by atoms with Crippen LogP contribution in [0.2, 0.25) is 0 Å². The molecule has 0 saturated carbocycles. The smallest absolute Gasteiger partial charge is 0.248 e. The molecule has 2 atom stereocenters. The summed E-state index contributed by atoms with van der Waals surface area (Å²) in [5.41, 5.74) is 3.49. The van der Waals surface area contributed by atoms with Gasteiger partial charge in [-0.05, 0) is 62.3 Å². The van der Waals surface area contributed by atoms with Crippen LogP contribution in [0.15, 0.2) is 53.8 Å². The van der Waals surface area contributed by atoms with Gasteiger partial charge in [-0.1, -0.05) is 30.4 Å². The van der Waals surface area contributed by atoms with E-state index >= 15 is 0 Å². The van der Waals surface area contributed by atoms with E-state index < -0.39 is 14.8 Å². The van der Waals surface area contributed by atoms with E-state index in [2.05, 4.69) is 0 Å². The standard InChI is InChI=1S/C24H31NO5S/c1-18-7-6-8-19-11-13-25(23(18)19)31(26,27)24(2)12-10-20(21(15-24)16-28-3)17-30-22-9-4-5-14-29-22/h6-8,10-11,13,15,22H,4-5,9,12,14,16-17H2,1-3H3. The summed E-state index contributed by atoms with van der Waals surface area (Å²) in [5, 5.41) is 0.918. The lowest BCUT2D eigenvalue weighted by atomic mass is 9.91. The number of hydrogen-bond acceptors (Lipinski definition) is 5. The van der Waals surface area contributed by atoms with Gasteiger partial charge in [-0.3, -0.25) is 0 Å². The van der Waals surface area contributed by atoms with Crippen molar-refractivity contribution in [3.05, 3.63) is 59.3 Å². The van der Waals surface area contributed by atoms with Crippen molar-refractivity contribution < 1.29 is 22.6 Å². The van der Waals surface area contributed by atoms with Crippen LogP contribution in [-0.4, -0.2) is 50.4 Å². The second-order valence-electron chi connectivity index (χ2n) is 8.59. The molecule has 2 heterocycles. The quantitative estimate of drug-likeness (QED) is 0.635. The van der Waals surface area contributed by atoms with Crippen molar-refractivity contribution in [2.75, 3.05) is 26.9 Å². The van der Waals surface area contributed by atoms with Crippen LogP contribution in [0.1, 0.15) is 38.2 Å². The molecule has 0 bridgehead atoms. The van der Waals surface area contributed by atoms with E-state index in [1.165, 1.54) is 3.97 Å². The Bertz CT molecular complexity index is 1110. The van der Waals surface area contributed by atoms with E-state index in [0.717, 1.165) is 53.5 Å². The zero-order chi connectivity index (χ0) is 22.1. The molecule has 0 spiro atoms. The van der Waals surface area contributed by atoms with Crippen LogP contribution in [0.25, 0.3) is 10.9 Å². The molecule has 1 fully saturated rings. The molecule has 6 nitrogen and oxygen atoms in total. The number of aromatic nitrogens is 1. The Balaban J connectivity index is 1.62. The van der Waals surface area contributed by atoms with Gasteiger partial charge in [0, 0.05) is 25.3 Å². The molecule has 2 unspecified atom stereocenters. The molecule has 31 heavy (non-hydrogen) atoms. The molecular weight excluding hydrogens is 414 g/mol.